The number of carbonyl (C=O) groups is 1. The number of hydrogen-bond acceptors (Lipinski definition) is 5. The van der Waals surface area contributed by atoms with E-state index < -0.39 is 27.5 Å². The third-order valence-corrected chi connectivity index (χ3v) is 5.92. The van der Waals surface area contributed by atoms with E-state index in [1.54, 1.807) is 13.0 Å². The predicted molar refractivity (Wildman–Crippen MR) is 96.2 cm³/mol. The van der Waals surface area contributed by atoms with Crippen LogP contribution in [0.15, 0.2) is 41.3 Å². The molecule has 0 atom stereocenters. The number of hydrogen-bond donors (Lipinski definition) is 1. The minimum absolute atomic E-state index is 0.0862. The smallest absolute Gasteiger partial charge is 0.324 e. The average molecular weight is 399 g/mol. The van der Waals surface area contributed by atoms with Gasteiger partial charge < -0.3 is 5.11 Å². The molecule has 0 saturated heterocycles. The molecule has 2 rings (SSSR count). The second kappa shape index (κ2) is 7.30. The van der Waals surface area contributed by atoms with Gasteiger partial charge in [-0.1, -0.05) is 23.7 Å². The van der Waals surface area contributed by atoms with Crippen LogP contribution in [0.3, 0.4) is 0 Å². The van der Waals surface area contributed by atoms with Crippen molar-refractivity contribution in [1.29, 1.82) is 0 Å². The van der Waals surface area contributed by atoms with E-state index in [4.69, 9.17) is 16.7 Å². The van der Waals surface area contributed by atoms with Crippen LogP contribution in [0.25, 0.3) is 0 Å². The maximum atomic E-state index is 13.0. The Morgan fingerprint density at radius 2 is 1.92 bits per heavy atom. The molecule has 0 heterocycles. The van der Waals surface area contributed by atoms with E-state index in [2.05, 4.69) is 0 Å². The number of nitro groups is 1. The molecule has 2 aromatic rings. The van der Waals surface area contributed by atoms with Gasteiger partial charge >= 0.3 is 5.97 Å². The molecule has 0 unspecified atom stereocenters. The number of aliphatic carboxylic acids is 1. The normalized spacial score (nSPS) is 11.2. The molecule has 0 spiro atoms. The lowest BCUT2D eigenvalue weighted by Crippen LogP contribution is -2.36. The Bertz CT molecular complexity index is 990. The van der Waals surface area contributed by atoms with Crippen molar-refractivity contribution in [2.75, 3.05) is 10.8 Å². The SMILES string of the molecule is Cc1ccc(S(=O)(=O)N(CC(=O)O)c2cccc(Cl)c2C)cc1[N+](=O)[O-]. The lowest BCUT2D eigenvalue weighted by molar-refractivity contribution is -0.385. The molecule has 8 nitrogen and oxygen atoms in total. The van der Waals surface area contributed by atoms with Gasteiger partial charge in [0.15, 0.2) is 0 Å². The van der Waals surface area contributed by atoms with Crippen molar-refractivity contribution in [2.24, 2.45) is 0 Å². The second-order valence-electron chi connectivity index (χ2n) is 5.49. The van der Waals surface area contributed by atoms with Gasteiger partial charge in [0.05, 0.1) is 15.5 Å². The first-order valence-electron chi connectivity index (χ1n) is 7.30. The van der Waals surface area contributed by atoms with E-state index in [0.29, 0.717) is 9.87 Å². The van der Waals surface area contributed by atoms with Crippen LogP contribution < -0.4 is 4.31 Å². The summed E-state index contributed by atoms with van der Waals surface area (Å²) in [7, 11) is -4.37. The Balaban J connectivity index is 2.68. The standard InChI is InChI=1S/C16H15ClN2O6S/c1-10-6-7-12(8-15(10)19(22)23)26(24,25)18(9-16(20)21)14-5-3-4-13(17)11(14)2/h3-8H,9H2,1-2H3,(H,20,21). The summed E-state index contributed by atoms with van der Waals surface area (Å²) in [4.78, 5) is 21.3. The first kappa shape index (κ1) is 19.7. The van der Waals surface area contributed by atoms with Crippen LogP contribution in [0.2, 0.25) is 5.02 Å². The lowest BCUT2D eigenvalue weighted by atomic mass is 10.2. The zero-order chi connectivity index (χ0) is 19.6. The predicted octanol–water partition coefficient (Wildman–Crippen LogP) is 3.14. The van der Waals surface area contributed by atoms with Crippen molar-refractivity contribution in [3.63, 3.8) is 0 Å². The minimum atomic E-state index is -4.37. The number of nitro benzene ring substituents is 1. The highest BCUT2D eigenvalue weighted by molar-refractivity contribution is 7.92. The molecule has 0 amide bonds. The molecule has 0 fully saturated rings. The van der Waals surface area contributed by atoms with Crippen LogP contribution in [0.1, 0.15) is 11.1 Å². The molecule has 0 saturated carbocycles. The van der Waals surface area contributed by atoms with Crippen molar-refractivity contribution in [3.05, 3.63) is 62.7 Å². The average Bonchev–Trinajstić information content (AvgIpc) is 2.55. The van der Waals surface area contributed by atoms with Crippen molar-refractivity contribution in [3.8, 4) is 0 Å². The van der Waals surface area contributed by atoms with Gasteiger partial charge in [0, 0.05) is 16.7 Å². The van der Waals surface area contributed by atoms with Gasteiger partial charge in [0.25, 0.3) is 15.7 Å². The minimum Gasteiger partial charge on any atom is -0.480 e. The molecule has 138 valence electrons. The summed E-state index contributed by atoms with van der Waals surface area (Å²) < 4.78 is 26.7. The van der Waals surface area contributed by atoms with Crippen molar-refractivity contribution < 1.29 is 23.2 Å². The number of nitrogens with zero attached hydrogens (tertiary/aromatic N) is 2. The number of carboxylic acids is 1. The molecular formula is C16H15ClN2O6S. The number of anilines is 1. The van der Waals surface area contributed by atoms with E-state index >= 15 is 0 Å². The molecule has 0 aliphatic carbocycles. The zero-order valence-electron chi connectivity index (χ0n) is 13.8. The fourth-order valence-electron chi connectivity index (χ4n) is 2.36. The number of carboxylic acid groups (broad SMARTS) is 1. The van der Waals surface area contributed by atoms with Crippen LogP contribution in [0.5, 0.6) is 0 Å². The summed E-state index contributed by atoms with van der Waals surface area (Å²) in [6.45, 7) is 2.18. The highest BCUT2D eigenvalue weighted by Crippen LogP contribution is 2.32. The fourth-order valence-corrected chi connectivity index (χ4v) is 4.02. The van der Waals surface area contributed by atoms with E-state index in [9.17, 15) is 23.3 Å². The van der Waals surface area contributed by atoms with Gasteiger partial charge in [-0.25, -0.2) is 8.42 Å². The topological polar surface area (TPSA) is 118 Å². The molecule has 0 aliphatic rings. The number of aryl methyl sites for hydroxylation is 1. The first-order valence-corrected chi connectivity index (χ1v) is 9.12. The summed E-state index contributed by atoms with van der Waals surface area (Å²) in [5, 5.41) is 20.5. The van der Waals surface area contributed by atoms with Crippen molar-refractivity contribution in [2.45, 2.75) is 18.7 Å². The Hall–Kier alpha value is -2.65. The third-order valence-electron chi connectivity index (χ3n) is 3.75. The Morgan fingerprint density at radius 3 is 2.50 bits per heavy atom. The largest absolute Gasteiger partial charge is 0.480 e. The van der Waals surface area contributed by atoms with E-state index in [1.807, 2.05) is 0 Å². The molecule has 0 aromatic heterocycles. The van der Waals surface area contributed by atoms with Crippen molar-refractivity contribution >= 4 is 39.0 Å². The van der Waals surface area contributed by atoms with Crippen LogP contribution >= 0.6 is 11.6 Å². The lowest BCUT2D eigenvalue weighted by Gasteiger charge is -2.24. The Morgan fingerprint density at radius 1 is 1.27 bits per heavy atom. The molecular weight excluding hydrogens is 384 g/mol. The maximum Gasteiger partial charge on any atom is 0.324 e. The number of sulfonamides is 1. The quantitative estimate of drug-likeness (QED) is 0.589. The number of rotatable bonds is 6. The van der Waals surface area contributed by atoms with Crippen molar-refractivity contribution in [1.82, 2.24) is 0 Å². The van der Waals surface area contributed by atoms with Crippen LogP contribution in [-0.2, 0) is 14.8 Å². The van der Waals surface area contributed by atoms with Gasteiger partial charge in [-0.3, -0.25) is 19.2 Å². The highest BCUT2D eigenvalue weighted by Gasteiger charge is 2.30. The maximum absolute atomic E-state index is 13.0. The van der Waals surface area contributed by atoms with Crippen LogP contribution in [-0.4, -0.2) is 31.0 Å². The van der Waals surface area contributed by atoms with Gasteiger partial charge in [-0.05, 0) is 37.6 Å². The van der Waals surface area contributed by atoms with E-state index in [0.717, 1.165) is 6.07 Å². The molecule has 26 heavy (non-hydrogen) atoms. The molecule has 0 radical (unpaired) electrons. The summed E-state index contributed by atoms with van der Waals surface area (Å²) in [6.07, 6.45) is 0. The monoisotopic (exact) mass is 398 g/mol. The summed E-state index contributed by atoms with van der Waals surface area (Å²) >= 11 is 6.02. The molecule has 0 aliphatic heterocycles. The van der Waals surface area contributed by atoms with E-state index in [1.165, 1.54) is 31.2 Å². The summed E-state index contributed by atoms with van der Waals surface area (Å²) in [5.74, 6) is -1.38. The number of benzene rings is 2. The van der Waals surface area contributed by atoms with E-state index in [-0.39, 0.29) is 26.9 Å². The van der Waals surface area contributed by atoms with Gasteiger partial charge in [-0.2, -0.15) is 0 Å². The summed E-state index contributed by atoms with van der Waals surface area (Å²) in [5.41, 5.74) is 0.380. The Labute approximate surface area is 154 Å². The molecule has 1 N–H and O–H groups in total. The second-order valence-corrected chi connectivity index (χ2v) is 7.76. The van der Waals surface area contributed by atoms with Crippen LogP contribution in [0, 0.1) is 24.0 Å². The molecule has 2 aromatic carbocycles. The highest BCUT2D eigenvalue weighted by atomic mass is 35.5. The summed E-state index contributed by atoms with van der Waals surface area (Å²) in [6, 6.07) is 7.88. The Kier molecular flexibility index (Phi) is 5.53. The molecule has 0 bridgehead atoms. The number of halogens is 1. The molecule has 10 heteroatoms. The zero-order valence-corrected chi connectivity index (χ0v) is 15.4. The van der Waals surface area contributed by atoms with Gasteiger partial charge in [-0.15, -0.1) is 0 Å². The van der Waals surface area contributed by atoms with Crippen LogP contribution in [0.4, 0.5) is 11.4 Å². The first-order chi connectivity index (χ1) is 12.1. The van der Waals surface area contributed by atoms with Gasteiger partial charge in [0.1, 0.15) is 6.54 Å². The fraction of sp³-hybridized carbons (Fsp3) is 0.188. The third kappa shape index (κ3) is 3.78. The van der Waals surface area contributed by atoms with Gasteiger partial charge in [0.2, 0.25) is 0 Å².